The molecule has 0 aliphatic carbocycles. The molecule has 0 atom stereocenters. The Labute approximate surface area is 78.9 Å². The van der Waals surface area contributed by atoms with Gasteiger partial charge < -0.3 is 4.52 Å². The van der Waals surface area contributed by atoms with E-state index in [9.17, 15) is 9.59 Å². The van der Waals surface area contributed by atoms with E-state index in [4.69, 9.17) is 4.52 Å². The van der Waals surface area contributed by atoms with E-state index >= 15 is 0 Å². The van der Waals surface area contributed by atoms with E-state index in [1.165, 1.54) is 10.6 Å². The fourth-order valence-electron chi connectivity index (χ4n) is 1.36. The van der Waals surface area contributed by atoms with Crippen LogP contribution in [0.4, 0.5) is 0 Å². The Bertz CT molecular complexity index is 565. The molecule has 2 rings (SSSR count). The summed E-state index contributed by atoms with van der Waals surface area (Å²) in [4.78, 5) is 22.1. The lowest BCUT2D eigenvalue weighted by atomic mass is 10.2. The largest absolute Gasteiger partial charge is 0.337 e. The van der Waals surface area contributed by atoms with Gasteiger partial charge in [0.2, 0.25) is 5.71 Å². The van der Waals surface area contributed by atoms with Crippen LogP contribution in [0, 0.1) is 6.92 Å². The summed E-state index contributed by atoms with van der Waals surface area (Å²) in [6, 6.07) is 1.50. The van der Waals surface area contributed by atoms with Gasteiger partial charge in [0.1, 0.15) is 0 Å². The number of fused-ring (bicyclic) bond motifs is 1. The summed E-state index contributed by atoms with van der Waals surface area (Å²) in [7, 11) is 1.54. The highest BCUT2D eigenvalue weighted by atomic mass is 16.5. The minimum absolute atomic E-state index is 0.117. The van der Waals surface area contributed by atoms with Crippen LogP contribution in [0.3, 0.4) is 0 Å². The molecule has 5 heteroatoms. The van der Waals surface area contributed by atoms with Crippen LogP contribution in [0.5, 0.6) is 0 Å². The number of hydrogen-bond donors (Lipinski definition) is 0. The molecule has 5 nitrogen and oxygen atoms in total. The van der Waals surface area contributed by atoms with Crippen LogP contribution in [-0.4, -0.2) is 16.0 Å². The highest BCUT2D eigenvalue weighted by molar-refractivity contribution is 5.84. The molecule has 0 fully saturated rings. The van der Waals surface area contributed by atoms with Gasteiger partial charge in [-0.2, -0.15) is 0 Å². The maximum Gasteiger partial charge on any atom is 0.263 e. The third-order valence-electron chi connectivity index (χ3n) is 2.17. The fourth-order valence-corrected chi connectivity index (χ4v) is 1.36. The molecule has 14 heavy (non-hydrogen) atoms. The number of nitrogens with zero attached hydrogens (tertiary/aromatic N) is 2. The zero-order valence-corrected chi connectivity index (χ0v) is 7.77. The Morgan fingerprint density at radius 1 is 1.57 bits per heavy atom. The van der Waals surface area contributed by atoms with Crippen molar-refractivity contribution < 1.29 is 9.32 Å². The first-order chi connectivity index (χ1) is 6.65. The first-order valence-corrected chi connectivity index (χ1v) is 4.06. The van der Waals surface area contributed by atoms with Gasteiger partial charge in [-0.3, -0.25) is 14.2 Å². The van der Waals surface area contributed by atoms with Crippen LogP contribution >= 0.6 is 0 Å². The molecule has 0 aliphatic heterocycles. The van der Waals surface area contributed by atoms with E-state index in [0.29, 0.717) is 23.1 Å². The molecular weight excluding hydrogens is 184 g/mol. The second-order valence-corrected chi connectivity index (χ2v) is 3.07. The lowest BCUT2D eigenvalue weighted by molar-refractivity contribution is 0.112. The van der Waals surface area contributed by atoms with Gasteiger partial charge in [0.15, 0.2) is 6.29 Å². The van der Waals surface area contributed by atoms with Crippen LogP contribution in [-0.2, 0) is 7.05 Å². The van der Waals surface area contributed by atoms with E-state index in [0.717, 1.165) is 0 Å². The number of rotatable bonds is 1. The van der Waals surface area contributed by atoms with Crippen molar-refractivity contribution >= 4 is 17.4 Å². The summed E-state index contributed by atoms with van der Waals surface area (Å²) in [5.41, 5.74) is 0.798. The topological polar surface area (TPSA) is 65.1 Å². The quantitative estimate of drug-likeness (QED) is 0.622. The number of carbonyl (C=O) groups is 1. The first kappa shape index (κ1) is 8.68. The van der Waals surface area contributed by atoms with Gasteiger partial charge in [0, 0.05) is 7.05 Å². The molecule has 0 saturated heterocycles. The number of aldehydes is 1. The second kappa shape index (κ2) is 2.80. The third-order valence-corrected chi connectivity index (χ3v) is 2.17. The van der Waals surface area contributed by atoms with Gasteiger partial charge >= 0.3 is 0 Å². The minimum Gasteiger partial charge on any atom is -0.337 e. The van der Waals surface area contributed by atoms with Crippen LogP contribution in [0.25, 0.3) is 11.1 Å². The Morgan fingerprint density at radius 2 is 2.29 bits per heavy atom. The van der Waals surface area contributed by atoms with E-state index in [2.05, 4.69) is 5.16 Å². The molecule has 0 N–H and O–H groups in total. The van der Waals surface area contributed by atoms with Crippen LogP contribution in [0.15, 0.2) is 15.4 Å². The van der Waals surface area contributed by atoms with Crippen molar-refractivity contribution in [1.29, 1.82) is 0 Å². The van der Waals surface area contributed by atoms with Crippen molar-refractivity contribution in [2.75, 3.05) is 0 Å². The maximum atomic E-state index is 11.5. The van der Waals surface area contributed by atoms with Gasteiger partial charge in [-0.05, 0) is 13.0 Å². The molecule has 0 aromatic carbocycles. The second-order valence-electron chi connectivity index (χ2n) is 3.07. The van der Waals surface area contributed by atoms with Gasteiger partial charge in [0.05, 0.1) is 16.6 Å². The molecule has 0 aliphatic rings. The number of pyridine rings is 1. The van der Waals surface area contributed by atoms with Crippen molar-refractivity contribution in [3.63, 3.8) is 0 Å². The molecule has 0 amide bonds. The summed E-state index contributed by atoms with van der Waals surface area (Å²) >= 11 is 0. The van der Waals surface area contributed by atoms with Gasteiger partial charge in [-0.25, -0.2) is 0 Å². The summed E-state index contributed by atoms with van der Waals surface area (Å²) in [5, 5.41) is 4.41. The van der Waals surface area contributed by atoms with Gasteiger partial charge in [-0.1, -0.05) is 5.16 Å². The maximum absolute atomic E-state index is 11.5. The number of hydrogen-bond acceptors (Lipinski definition) is 4. The zero-order valence-electron chi connectivity index (χ0n) is 7.77. The molecular formula is C9H8N2O3. The van der Waals surface area contributed by atoms with E-state index < -0.39 is 0 Å². The zero-order chi connectivity index (χ0) is 10.3. The predicted octanol–water partition coefficient (Wildman–Crippen LogP) is 0.647. The Morgan fingerprint density at radius 3 is 2.93 bits per heavy atom. The van der Waals surface area contributed by atoms with Crippen molar-refractivity contribution in [2.24, 2.45) is 7.05 Å². The fraction of sp³-hybridized carbons (Fsp3) is 0.222. The Hall–Kier alpha value is -1.91. The van der Waals surface area contributed by atoms with Crippen molar-refractivity contribution in [2.45, 2.75) is 6.92 Å². The van der Waals surface area contributed by atoms with E-state index in [1.54, 1.807) is 14.0 Å². The highest BCUT2D eigenvalue weighted by Gasteiger charge is 2.11. The Kier molecular flexibility index (Phi) is 1.73. The van der Waals surface area contributed by atoms with Crippen molar-refractivity contribution in [3.8, 4) is 0 Å². The van der Waals surface area contributed by atoms with Crippen LogP contribution < -0.4 is 5.56 Å². The molecule has 0 spiro atoms. The molecule has 2 heterocycles. The normalized spacial score (nSPS) is 10.7. The lowest BCUT2D eigenvalue weighted by Crippen LogP contribution is -2.20. The molecule has 0 unspecified atom stereocenters. The Balaban J connectivity index is 3.02. The molecule has 0 bridgehead atoms. The van der Waals surface area contributed by atoms with Crippen molar-refractivity contribution in [1.82, 2.24) is 9.72 Å². The van der Waals surface area contributed by atoms with Gasteiger partial charge in [0.25, 0.3) is 5.56 Å². The smallest absolute Gasteiger partial charge is 0.263 e. The summed E-state index contributed by atoms with van der Waals surface area (Å²) < 4.78 is 6.23. The third kappa shape index (κ3) is 0.985. The molecule has 0 saturated carbocycles. The summed E-state index contributed by atoms with van der Waals surface area (Å²) in [6.07, 6.45) is 0.536. The molecule has 72 valence electrons. The van der Waals surface area contributed by atoms with Crippen molar-refractivity contribution in [3.05, 3.63) is 27.7 Å². The van der Waals surface area contributed by atoms with Gasteiger partial charge in [-0.15, -0.1) is 0 Å². The highest BCUT2D eigenvalue weighted by Crippen LogP contribution is 2.15. The number of aromatic nitrogens is 2. The summed E-state index contributed by atoms with van der Waals surface area (Å²) in [6.45, 7) is 1.75. The van der Waals surface area contributed by atoms with Crippen LogP contribution in [0.1, 0.15) is 16.1 Å². The molecule has 2 aromatic rings. The predicted molar refractivity (Wildman–Crippen MR) is 49.4 cm³/mol. The van der Waals surface area contributed by atoms with E-state index in [1.807, 2.05) is 0 Å². The number of aryl methyl sites for hydroxylation is 2. The average molecular weight is 192 g/mol. The average Bonchev–Trinajstić information content (AvgIpc) is 2.54. The SMILES string of the molecule is Cc1noc2c1cc(C=O)c(=O)n2C. The number of carbonyl (C=O) groups excluding carboxylic acids is 1. The standard InChI is InChI=1S/C9H8N2O3/c1-5-7-3-6(4-12)8(13)11(2)9(7)14-10-5/h3-4H,1-2H3. The molecule has 0 radical (unpaired) electrons. The summed E-state index contributed by atoms with van der Waals surface area (Å²) in [5.74, 6) is 0. The monoisotopic (exact) mass is 192 g/mol. The van der Waals surface area contributed by atoms with E-state index in [-0.39, 0.29) is 11.1 Å². The molecule has 2 aromatic heterocycles. The first-order valence-electron chi connectivity index (χ1n) is 4.06. The van der Waals surface area contributed by atoms with Crippen LogP contribution in [0.2, 0.25) is 0 Å². The minimum atomic E-state index is -0.372. The lowest BCUT2D eigenvalue weighted by Gasteiger charge is -1.98.